The van der Waals surface area contributed by atoms with Crippen molar-refractivity contribution in [3.05, 3.63) is 64.7 Å². The van der Waals surface area contributed by atoms with E-state index in [1.165, 1.54) is 4.90 Å². The van der Waals surface area contributed by atoms with Crippen molar-refractivity contribution in [2.75, 3.05) is 6.61 Å². The number of para-hydroxylation sites is 1. The second-order valence-electron chi connectivity index (χ2n) is 6.82. The largest absolute Gasteiger partial charge is 0.493 e. The summed E-state index contributed by atoms with van der Waals surface area (Å²) in [5, 5.41) is 2.93. The second kappa shape index (κ2) is 5.62. The normalized spacial score (nSPS) is 21.9. The van der Waals surface area contributed by atoms with Crippen LogP contribution in [0.5, 0.6) is 5.75 Å². The van der Waals surface area contributed by atoms with E-state index in [0.29, 0.717) is 18.8 Å². The summed E-state index contributed by atoms with van der Waals surface area (Å²) >= 11 is 0. The van der Waals surface area contributed by atoms with Crippen LogP contribution in [0.2, 0.25) is 0 Å². The number of hydrogen-bond acceptors (Lipinski definition) is 3. The van der Waals surface area contributed by atoms with E-state index < -0.39 is 5.54 Å². The molecule has 1 saturated heterocycles. The van der Waals surface area contributed by atoms with Crippen LogP contribution < -0.4 is 10.1 Å². The minimum atomic E-state index is -1.01. The first kappa shape index (κ1) is 15.7. The summed E-state index contributed by atoms with van der Waals surface area (Å²) in [6, 6.07) is 13.2. The lowest BCUT2D eigenvalue weighted by molar-refractivity contribution is -0.133. The number of carbonyl (C=O) groups is 2. The molecular formula is C20H20N2O3. The minimum Gasteiger partial charge on any atom is -0.493 e. The van der Waals surface area contributed by atoms with Crippen LogP contribution in [0, 0.1) is 13.8 Å². The van der Waals surface area contributed by atoms with Gasteiger partial charge in [0.2, 0.25) is 0 Å². The first-order chi connectivity index (χ1) is 12.0. The summed E-state index contributed by atoms with van der Waals surface area (Å²) in [5.74, 6) is 0.461. The minimum absolute atomic E-state index is 0.201. The van der Waals surface area contributed by atoms with Crippen molar-refractivity contribution in [1.29, 1.82) is 0 Å². The van der Waals surface area contributed by atoms with E-state index in [9.17, 15) is 9.59 Å². The molecule has 2 aliphatic rings. The zero-order chi connectivity index (χ0) is 17.6. The maximum absolute atomic E-state index is 13.2. The molecule has 2 heterocycles. The molecule has 0 aliphatic carbocycles. The fraction of sp³-hybridized carbons (Fsp3) is 0.300. The quantitative estimate of drug-likeness (QED) is 0.858. The van der Waals surface area contributed by atoms with Gasteiger partial charge in [0, 0.05) is 12.0 Å². The number of rotatable bonds is 2. The topological polar surface area (TPSA) is 58.6 Å². The molecule has 1 atom stereocenters. The van der Waals surface area contributed by atoms with E-state index in [-0.39, 0.29) is 18.5 Å². The molecule has 1 fully saturated rings. The first-order valence-corrected chi connectivity index (χ1v) is 8.43. The van der Waals surface area contributed by atoms with Crippen LogP contribution in [0.1, 0.15) is 28.7 Å². The van der Waals surface area contributed by atoms with Crippen LogP contribution in [0.4, 0.5) is 4.79 Å². The summed E-state index contributed by atoms with van der Waals surface area (Å²) < 4.78 is 5.66. The number of fused-ring (bicyclic) bond motifs is 2. The Morgan fingerprint density at radius 2 is 1.84 bits per heavy atom. The Balaban J connectivity index is 1.70. The highest BCUT2D eigenvalue weighted by Gasteiger charge is 2.54. The van der Waals surface area contributed by atoms with Crippen molar-refractivity contribution in [1.82, 2.24) is 10.2 Å². The number of benzene rings is 2. The molecule has 0 aromatic heterocycles. The van der Waals surface area contributed by atoms with Crippen LogP contribution in [-0.4, -0.2) is 23.4 Å². The van der Waals surface area contributed by atoms with Gasteiger partial charge in [-0.05, 0) is 25.5 Å². The van der Waals surface area contributed by atoms with Gasteiger partial charge in [-0.3, -0.25) is 9.69 Å². The lowest BCUT2D eigenvalue weighted by Gasteiger charge is -2.33. The van der Waals surface area contributed by atoms with Gasteiger partial charge in [0.25, 0.3) is 5.91 Å². The molecule has 2 aromatic rings. The molecule has 1 unspecified atom stereocenters. The highest BCUT2D eigenvalue weighted by Crippen LogP contribution is 2.41. The third kappa shape index (κ3) is 2.47. The van der Waals surface area contributed by atoms with Gasteiger partial charge in [-0.25, -0.2) is 4.79 Å². The lowest BCUT2D eigenvalue weighted by Crippen LogP contribution is -2.47. The zero-order valence-electron chi connectivity index (χ0n) is 14.3. The number of hydrogen-bond donors (Lipinski definition) is 1. The zero-order valence-corrected chi connectivity index (χ0v) is 14.3. The number of nitrogens with zero attached hydrogens (tertiary/aromatic N) is 1. The van der Waals surface area contributed by atoms with E-state index in [2.05, 4.69) is 11.4 Å². The van der Waals surface area contributed by atoms with Gasteiger partial charge >= 0.3 is 6.03 Å². The molecule has 1 N–H and O–H groups in total. The van der Waals surface area contributed by atoms with Gasteiger partial charge in [-0.15, -0.1) is 0 Å². The predicted molar refractivity (Wildman–Crippen MR) is 93.2 cm³/mol. The average molecular weight is 336 g/mol. The van der Waals surface area contributed by atoms with E-state index in [1.54, 1.807) is 0 Å². The molecule has 0 radical (unpaired) electrons. The maximum Gasteiger partial charge on any atom is 0.325 e. The smallest absolute Gasteiger partial charge is 0.325 e. The number of urea groups is 1. The van der Waals surface area contributed by atoms with Gasteiger partial charge in [0.05, 0.1) is 13.2 Å². The number of ether oxygens (including phenoxy) is 1. The van der Waals surface area contributed by atoms with Crippen molar-refractivity contribution < 1.29 is 14.3 Å². The third-order valence-electron chi connectivity index (χ3n) is 4.88. The monoisotopic (exact) mass is 336 g/mol. The molecule has 5 heteroatoms. The molecule has 0 saturated carbocycles. The van der Waals surface area contributed by atoms with E-state index in [0.717, 1.165) is 22.3 Å². The molecule has 1 spiro atoms. The summed E-state index contributed by atoms with van der Waals surface area (Å²) in [4.78, 5) is 27.1. The van der Waals surface area contributed by atoms with Gasteiger partial charge in [0.1, 0.15) is 5.75 Å². The summed E-state index contributed by atoms with van der Waals surface area (Å²) in [5.41, 5.74) is 2.92. The highest BCUT2D eigenvalue weighted by molar-refractivity contribution is 6.07. The van der Waals surface area contributed by atoms with E-state index in [1.807, 2.05) is 50.2 Å². The summed E-state index contributed by atoms with van der Waals surface area (Å²) in [6.07, 6.45) is 0.442. The number of aryl methyl sites for hydroxylation is 2. The second-order valence-corrected chi connectivity index (χ2v) is 6.82. The van der Waals surface area contributed by atoms with Crippen molar-refractivity contribution in [2.24, 2.45) is 0 Å². The number of imide groups is 1. The Labute approximate surface area is 146 Å². The standard InChI is InChI=1S/C20H20N2O3/c1-13-9-14(2)11-15(10-13)12-22-18(23)20(21-19(22)24)7-8-25-17-6-4-3-5-16(17)20/h3-6,9-11H,7-8,12H2,1-2H3,(H,21,24). The lowest BCUT2D eigenvalue weighted by atomic mass is 9.84. The van der Waals surface area contributed by atoms with Crippen LogP contribution in [-0.2, 0) is 16.9 Å². The van der Waals surface area contributed by atoms with Crippen LogP contribution in [0.25, 0.3) is 0 Å². The van der Waals surface area contributed by atoms with Crippen LogP contribution in [0.3, 0.4) is 0 Å². The number of nitrogens with one attached hydrogen (secondary N) is 1. The molecule has 128 valence electrons. The van der Waals surface area contributed by atoms with Gasteiger partial charge in [-0.1, -0.05) is 47.5 Å². The Hall–Kier alpha value is -2.82. The highest BCUT2D eigenvalue weighted by atomic mass is 16.5. The van der Waals surface area contributed by atoms with Gasteiger partial charge < -0.3 is 10.1 Å². The Morgan fingerprint density at radius 3 is 2.60 bits per heavy atom. The Kier molecular flexibility index (Phi) is 3.53. The number of amides is 3. The van der Waals surface area contributed by atoms with Gasteiger partial charge in [-0.2, -0.15) is 0 Å². The molecule has 25 heavy (non-hydrogen) atoms. The molecule has 3 amide bonds. The van der Waals surface area contributed by atoms with E-state index in [4.69, 9.17) is 4.74 Å². The van der Waals surface area contributed by atoms with Crippen LogP contribution in [0.15, 0.2) is 42.5 Å². The van der Waals surface area contributed by atoms with E-state index >= 15 is 0 Å². The molecule has 2 aromatic carbocycles. The van der Waals surface area contributed by atoms with Crippen molar-refractivity contribution >= 4 is 11.9 Å². The fourth-order valence-electron chi connectivity index (χ4n) is 3.86. The average Bonchev–Trinajstić information content (AvgIpc) is 2.79. The van der Waals surface area contributed by atoms with Gasteiger partial charge in [0.15, 0.2) is 5.54 Å². The SMILES string of the molecule is Cc1cc(C)cc(CN2C(=O)NC3(CCOc4ccccc43)C2=O)c1. The van der Waals surface area contributed by atoms with Crippen molar-refractivity contribution in [3.8, 4) is 5.75 Å². The molecule has 2 aliphatic heterocycles. The number of carbonyl (C=O) groups excluding carboxylic acids is 2. The Bertz CT molecular complexity index is 857. The maximum atomic E-state index is 13.2. The first-order valence-electron chi connectivity index (χ1n) is 8.43. The van der Waals surface area contributed by atoms with Crippen molar-refractivity contribution in [3.63, 3.8) is 0 Å². The molecule has 0 bridgehead atoms. The fourth-order valence-corrected chi connectivity index (χ4v) is 3.86. The Morgan fingerprint density at radius 1 is 1.12 bits per heavy atom. The van der Waals surface area contributed by atoms with Crippen molar-refractivity contribution in [2.45, 2.75) is 32.4 Å². The molecule has 5 nitrogen and oxygen atoms in total. The molecular weight excluding hydrogens is 316 g/mol. The summed E-state index contributed by atoms with van der Waals surface area (Å²) in [6.45, 7) is 4.70. The predicted octanol–water partition coefficient (Wildman–Crippen LogP) is 3.03. The summed E-state index contributed by atoms with van der Waals surface area (Å²) in [7, 11) is 0. The van der Waals surface area contributed by atoms with Crippen LogP contribution >= 0.6 is 0 Å². The molecule has 4 rings (SSSR count). The third-order valence-corrected chi connectivity index (χ3v) is 4.88.